The summed E-state index contributed by atoms with van der Waals surface area (Å²) in [7, 11) is 2.13. The van der Waals surface area contributed by atoms with E-state index in [1.165, 1.54) is 0 Å². The van der Waals surface area contributed by atoms with Crippen molar-refractivity contribution in [3.63, 3.8) is 0 Å². The first-order valence-corrected chi connectivity index (χ1v) is 2.88. The average Bonchev–Trinajstić information content (AvgIpc) is 1.65. The molecule has 0 heterocycles. The highest BCUT2D eigenvalue weighted by Gasteiger charge is 2.01. The van der Waals surface area contributed by atoms with Crippen LogP contribution in [-0.2, 0) is 0 Å². The van der Waals surface area contributed by atoms with Crippen molar-refractivity contribution < 1.29 is 0 Å². The monoisotopic (exact) mass is 99.1 g/mol. The first-order valence-electron chi connectivity index (χ1n) is 2.88. The summed E-state index contributed by atoms with van der Waals surface area (Å²) in [5.74, 6) is 0. The lowest BCUT2D eigenvalue weighted by molar-refractivity contribution is 0.556. The van der Waals surface area contributed by atoms with Gasteiger partial charge in [0.25, 0.3) is 0 Å². The molecule has 0 spiro atoms. The third-order valence-corrected chi connectivity index (χ3v) is 1.38. The Bertz CT molecular complexity index is 45.3. The summed E-state index contributed by atoms with van der Waals surface area (Å²) in [5.41, 5.74) is 0. The van der Waals surface area contributed by atoms with Gasteiger partial charge >= 0.3 is 0 Å². The molecule has 0 radical (unpaired) electrons. The van der Waals surface area contributed by atoms with E-state index in [2.05, 4.69) is 32.4 Å². The van der Waals surface area contributed by atoms with Gasteiger partial charge in [0.1, 0.15) is 0 Å². The fraction of sp³-hybridized carbons (Fsp3) is 1.00. The molecule has 7 heavy (non-hydrogen) atoms. The summed E-state index contributed by atoms with van der Waals surface area (Å²) in [6.45, 7) is 8.41. The summed E-state index contributed by atoms with van der Waals surface area (Å²) in [4.78, 5) is 2.29. The van der Waals surface area contributed by atoms with E-state index in [0.717, 1.165) is 6.54 Å². The largest absolute Gasteiger partial charge is 0.345 e. The van der Waals surface area contributed by atoms with Crippen molar-refractivity contribution in [1.29, 1.82) is 0 Å². The van der Waals surface area contributed by atoms with Gasteiger partial charge in [-0.1, -0.05) is 20.6 Å². The van der Waals surface area contributed by atoms with Gasteiger partial charge in [-0.05, 0) is 13.6 Å². The second kappa shape index (κ2) is 3.08. The van der Waals surface area contributed by atoms with Crippen LogP contribution >= 0.6 is 0 Å². The average molecular weight is 99.0 g/mol. The van der Waals surface area contributed by atoms with Crippen LogP contribution in [0.1, 0.15) is 6.92 Å². The van der Waals surface area contributed by atoms with E-state index in [-0.39, 0.29) is 0 Å². The van der Waals surface area contributed by atoms with Crippen molar-refractivity contribution in [2.75, 3.05) is 13.6 Å². The van der Waals surface area contributed by atoms with E-state index in [0.29, 0.717) is 6.85 Å². The van der Waals surface area contributed by atoms with Crippen LogP contribution < -0.4 is 0 Å². The number of rotatable bonds is 2. The van der Waals surface area contributed by atoms with E-state index in [1.54, 1.807) is 0 Å². The Hall–Kier alpha value is 0.0249. The zero-order chi connectivity index (χ0) is 5.86. The number of hydrogen-bond acceptors (Lipinski definition) is 1. The minimum Gasteiger partial charge on any atom is -0.345 e. The first-order chi connectivity index (χ1) is 3.18. The van der Waals surface area contributed by atoms with Crippen LogP contribution in [0.4, 0.5) is 0 Å². The van der Waals surface area contributed by atoms with Crippen LogP contribution in [0, 0.1) is 0 Å². The molecule has 0 atom stereocenters. The molecular weight excluding hydrogens is 84.9 g/mol. The van der Waals surface area contributed by atoms with E-state index >= 15 is 0 Å². The molecule has 0 aliphatic carbocycles. The molecule has 0 saturated carbocycles. The molecule has 0 amide bonds. The predicted molar refractivity (Wildman–Crippen MR) is 35.8 cm³/mol. The third-order valence-electron chi connectivity index (χ3n) is 1.38. The minimum atomic E-state index is 0.699. The van der Waals surface area contributed by atoms with E-state index in [9.17, 15) is 0 Å². The van der Waals surface area contributed by atoms with Crippen molar-refractivity contribution in [1.82, 2.24) is 4.81 Å². The standard InChI is InChI=1S/C5H14BN/c1-5-7(4)6(2)3/h5H2,1-4H3. The molecule has 0 unspecified atom stereocenters. The van der Waals surface area contributed by atoms with Crippen molar-refractivity contribution in [3.05, 3.63) is 0 Å². The van der Waals surface area contributed by atoms with Gasteiger partial charge in [0.05, 0.1) is 0 Å². The van der Waals surface area contributed by atoms with Crippen molar-refractivity contribution in [3.8, 4) is 0 Å². The maximum Gasteiger partial charge on any atom is 0.216 e. The summed E-state index contributed by atoms with van der Waals surface area (Å²) in [6, 6.07) is 0. The first kappa shape index (κ1) is 7.02. The number of hydrogen-bond donors (Lipinski definition) is 0. The van der Waals surface area contributed by atoms with E-state index in [4.69, 9.17) is 0 Å². The normalized spacial score (nSPS) is 9.86. The zero-order valence-corrected chi connectivity index (χ0v) is 5.73. The molecule has 0 saturated heterocycles. The summed E-state index contributed by atoms with van der Waals surface area (Å²) in [5, 5.41) is 0. The van der Waals surface area contributed by atoms with Crippen LogP contribution in [0.15, 0.2) is 0 Å². The SMILES string of the molecule is CCN(C)B(C)C. The lowest BCUT2D eigenvalue weighted by Crippen LogP contribution is -2.29. The highest BCUT2D eigenvalue weighted by Crippen LogP contribution is 1.85. The van der Waals surface area contributed by atoms with Gasteiger partial charge in [-0.3, -0.25) is 0 Å². The molecule has 0 aromatic carbocycles. The van der Waals surface area contributed by atoms with Gasteiger partial charge in [-0.25, -0.2) is 0 Å². The lowest BCUT2D eigenvalue weighted by Gasteiger charge is -2.14. The Morgan fingerprint density at radius 2 is 1.86 bits per heavy atom. The Morgan fingerprint density at radius 1 is 1.43 bits per heavy atom. The summed E-state index contributed by atoms with van der Waals surface area (Å²) >= 11 is 0. The van der Waals surface area contributed by atoms with Crippen molar-refractivity contribution in [2.24, 2.45) is 0 Å². The predicted octanol–water partition coefficient (Wildman–Crippen LogP) is 1.19. The maximum absolute atomic E-state index is 2.29. The second-order valence-corrected chi connectivity index (χ2v) is 2.17. The molecule has 0 rings (SSSR count). The summed E-state index contributed by atoms with van der Waals surface area (Å²) < 4.78 is 0. The molecule has 2 heteroatoms. The van der Waals surface area contributed by atoms with Crippen LogP contribution in [0.25, 0.3) is 0 Å². The molecule has 0 aromatic heterocycles. The molecule has 0 bridgehead atoms. The highest BCUT2D eigenvalue weighted by molar-refractivity contribution is 6.52. The van der Waals surface area contributed by atoms with Crippen molar-refractivity contribution >= 4 is 6.85 Å². The Morgan fingerprint density at radius 3 is 1.86 bits per heavy atom. The second-order valence-electron chi connectivity index (χ2n) is 2.17. The molecule has 0 fully saturated rings. The molecule has 0 aromatic rings. The van der Waals surface area contributed by atoms with Gasteiger partial charge in [0.15, 0.2) is 0 Å². The highest BCUT2D eigenvalue weighted by atomic mass is 15.0. The van der Waals surface area contributed by atoms with Gasteiger partial charge in [0, 0.05) is 0 Å². The fourth-order valence-electron chi connectivity index (χ4n) is 0.365. The van der Waals surface area contributed by atoms with Gasteiger partial charge < -0.3 is 4.81 Å². The van der Waals surface area contributed by atoms with Crippen LogP contribution in [0.5, 0.6) is 0 Å². The molecule has 0 N–H and O–H groups in total. The Balaban J connectivity index is 3.14. The van der Waals surface area contributed by atoms with Gasteiger partial charge in [-0.15, -0.1) is 0 Å². The topological polar surface area (TPSA) is 3.24 Å². The molecule has 42 valence electrons. The lowest BCUT2D eigenvalue weighted by atomic mass is 9.67. The van der Waals surface area contributed by atoms with Gasteiger partial charge in [-0.2, -0.15) is 0 Å². The Kier molecular flexibility index (Phi) is 3.09. The quantitative estimate of drug-likeness (QED) is 0.470. The van der Waals surface area contributed by atoms with Crippen LogP contribution in [0.2, 0.25) is 13.6 Å². The fourth-order valence-corrected chi connectivity index (χ4v) is 0.365. The van der Waals surface area contributed by atoms with Crippen LogP contribution in [0.3, 0.4) is 0 Å². The third kappa shape index (κ3) is 2.69. The number of nitrogens with zero attached hydrogens (tertiary/aromatic N) is 1. The summed E-state index contributed by atoms with van der Waals surface area (Å²) in [6.07, 6.45) is 0. The van der Waals surface area contributed by atoms with E-state index < -0.39 is 0 Å². The smallest absolute Gasteiger partial charge is 0.216 e. The minimum absolute atomic E-state index is 0.699. The Labute approximate surface area is 46.8 Å². The maximum atomic E-state index is 2.29. The zero-order valence-electron chi connectivity index (χ0n) is 5.73. The molecule has 0 aliphatic heterocycles. The molecule has 1 nitrogen and oxygen atoms in total. The van der Waals surface area contributed by atoms with Crippen molar-refractivity contribution in [2.45, 2.75) is 20.6 Å². The molecular formula is C5H14BN. The van der Waals surface area contributed by atoms with E-state index in [1.807, 2.05) is 0 Å². The van der Waals surface area contributed by atoms with Gasteiger partial charge in [0.2, 0.25) is 6.85 Å². The molecule has 0 aliphatic rings. The van der Waals surface area contributed by atoms with Crippen LogP contribution in [-0.4, -0.2) is 25.3 Å².